The first kappa shape index (κ1) is 10.0. The quantitative estimate of drug-likeness (QED) is 0.657. The van der Waals surface area contributed by atoms with Crippen molar-refractivity contribution in [3.05, 3.63) is 22.2 Å². The molecule has 0 saturated heterocycles. The molecule has 1 aliphatic rings. The maximum Gasteiger partial charge on any atom is 0.196 e. The number of hydrogen-bond acceptors (Lipinski definition) is 4. The summed E-state index contributed by atoms with van der Waals surface area (Å²) in [5.74, 6) is 0.411. The topological polar surface area (TPSA) is 59.9 Å². The molecule has 0 amide bonds. The number of hydrogen-bond donors (Lipinski definition) is 0. The molecule has 1 aromatic rings. The smallest absolute Gasteiger partial charge is 0.196 e. The summed E-state index contributed by atoms with van der Waals surface area (Å²) >= 11 is 3.17. The van der Waals surface area contributed by atoms with Crippen molar-refractivity contribution in [3.63, 3.8) is 0 Å². The molecule has 0 bridgehead atoms. The molecule has 0 aliphatic carbocycles. The fourth-order valence-electron chi connectivity index (χ4n) is 1.46. The first-order chi connectivity index (χ1) is 6.57. The molecule has 2 heterocycles. The number of halogens is 1. The van der Waals surface area contributed by atoms with Crippen molar-refractivity contribution in [1.29, 1.82) is 0 Å². The van der Waals surface area contributed by atoms with Crippen LogP contribution in [0.2, 0.25) is 0 Å². The number of aryl methyl sites for hydroxylation is 2. The summed E-state index contributed by atoms with van der Waals surface area (Å²) in [6.07, 6.45) is 2.73. The van der Waals surface area contributed by atoms with E-state index in [1.54, 1.807) is 6.20 Å². The highest BCUT2D eigenvalue weighted by Gasteiger charge is 2.19. The van der Waals surface area contributed by atoms with Gasteiger partial charge in [0.05, 0.1) is 11.5 Å². The molecular formula is C8H9BrN2O2S. The van der Waals surface area contributed by atoms with E-state index >= 15 is 0 Å². The lowest BCUT2D eigenvalue weighted by Crippen LogP contribution is -2.10. The normalized spacial score (nSPS) is 19.8. The molecule has 0 aromatic carbocycles. The number of sulfone groups is 1. The van der Waals surface area contributed by atoms with E-state index in [0.29, 0.717) is 17.6 Å². The van der Waals surface area contributed by atoms with Crippen molar-refractivity contribution in [2.75, 3.05) is 11.5 Å². The monoisotopic (exact) mass is 276 g/mol. The van der Waals surface area contributed by atoms with Crippen LogP contribution in [0.5, 0.6) is 0 Å². The van der Waals surface area contributed by atoms with Gasteiger partial charge >= 0.3 is 0 Å². The molecule has 0 unspecified atom stereocenters. The molecule has 0 atom stereocenters. The molecule has 0 spiro atoms. The highest BCUT2D eigenvalue weighted by molar-refractivity contribution is 9.10. The van der Waals surface area contributed by atoms with E-state index < -0.39 is 9.84 Å². The van der Waals surface area contributed by atoms with Gasteiger partial charge in [-0.1, -0.05) is 0 Å². The standard InChI is InChI=1S/C8H9BrN2O2S/c9-8-10-5-6-1-3-14(12,13)4-2-7(6)11-8/h5H,1-4H2. The molecule has 0 saturated carbocycles. The number of aromatic nitrogens is 2. The minimum atomic E-state index is -2.88. The fraction of sp³-hybridized carbons (Fsp3) is 0.500. The van der Waals surface area contributed by atoms with Crippen LogP contribution < -0.4 is 0 Å². The van der Waals surface area contributed by atoms with Crippen LogP contribution in [-0.2, 0) is 22.7 Å². The Morgan fingerprint density at radius 1 is 1.29 bits per heavy atom. The molecule has 2 rings (SSSR count). The van der Waals surface area contributed by atoms with E-state index in [1.807, 2.05) is 0 Å². The predicted octanol–water partition coefficient (Wildman–Crippen LogP) is 0.753. The first-order valence-corrected chi connectivity index (χ1v) is 6.89. The Balaban J connectivity index is 2.39. The lowest BCUT2D eigenvalue weighted by molar-refractivity contribution is 0.596. The van der Waals surface area contributed by atoms with Gasteiger partial charge in [0, 0.05) is 18.3 Å². The van der Waals surface area contributed by atoms with Crippen molar-refractivity contribution in [1.82, 2.24) is 9.97 Å². The second-order valence-corrected chi connectivity index (χ2v) is 6.28. The summed E-state index contributed by atoms with van der Waals surface area (Å²) in [5, 5.41) is 0. The largest absolute Gasteiger partial charge is 0.230 e. The third-order valence-electron chi connectivity index (χ3n) is 2.26. The Morgan fingerprint density at radius 3 is 2.79 bits per heavy atom. The van der Waals surface area contributed by atoms with Crippen molar-refractivity contribution in [2.24, 2.45) is 0 Å². The van der Waals surface area contributed by atoms with Gasteiger partial charge in [0.25, 0.3) is 0 Å². The van der Waals surface area contributed by atoms with E-state index in [1.165, 1.54) is 0 Å². The molecule has 0 fully saturated rings. The second kappa shape index (κ2) is 3.58. The summed E-state index contributed by atoms with van der Waals surface area (Å²) < 4.78 is 23.3. The average Bonchev–Trinajstić information content (AvgIpc) is 2.26. The van der Waals surface area contributed by atoms with Crippen molar-refractivity contribution >= 4 is 25.8 Å². The van der Waals surface area contributed by atoms with E-state index in [9.17, 15) is 8.42 Å². The van der Waals surface area contributed by atoms with Gasteiger partial charge in [0.1, 0.15) is 0 Å². The maximum absolute atomic E-state index is 11.4. The predicted molar refractivity (Wildman–Crippen MR) is 55.8 cm³/mol. The van der Waals surface area contributed by atoms with E-state index in [-0.39, 0.29) is 11.5 Å². The summed E-state index contributed by atoms with van der Waals surface area (Å²) in [4.78, 5) is 8.17. The summed E-state index contributed by atoms with van der Waals surface area (Å²) in [7, 11) is -2.88. The molecule has 0 radical (unpaired) electrons. The average molecular weight is 277 g/mol. The summed E-state index contributed by atoms with van der Waals surface area (Å²) in [6, 6.07) is 0. The van der Waals surface area contributed by atoms with Gasteiger partial charge in [-0.05, 0) is 27.9 Å². The van der Waals surface area contributed by atoms with E-state index in [4.69, 9.17) is 0 Å². The lowest BCUT2D eigenvalue weighted by Gasteiger charge is -2.01. The number of nitrogens with zero attached hydrogens (tertiary/aromatic N) is 2. The van der Waals surface area contributed by atoms with E-state index in [0.717, 1.165) is 11.3 Å². The third kappa shape index (κ3) is 2.12. The van der Waals surface area contributed by atoms with Crippen molar-refractivity contribution < 1.29 is 8.42 Å². The number of rotatable bonds is 0. The Hall–Kier alpha value is -0.490. The van der Waals surface area contributed by atoms with Crippen LogP contribution >= 0.6 is 15.9 Å². The highest BCUT2D eigenvalue weighted by atomic mass is 79.9. The van der Waals surface area contributed by atoms with Crippen LogP contribution in [0.25, 0.3) is 0 Å². The zero-order valence-electron chi connectivity index (χ0n) is 7.40. The van der Waals surface area contributed by atoms with Crippen molar-refractivity contribution in [3.8, 4) is 0 Å². The van der Waals surface area contributed by atoms with E-state index in [2.05, 4.69) is 25.9 Å². The lowest BCUT2D eigenvalue weighted by atomic mass is 10.1. The van der Waals surface area contributed by atoms with Crippen molar-refractivity contribution in [2.45, 2.75) is 12.8 Å². The Kier molecular flexibility index (Phi) is 2.57. The van der Waals surface area contributed by atoms with Crippen LogP contribution in [-0.4, -0.2) is 29.9 Å². The van der Waals surface area contributed by atoms with Crippen LogP contribution in [0.1, 0.15) is 11.3 Å². The van der Waals surface area contributed by atoms with Gasteiger partial charge in [0.15, 0.2) is 14.6 Å². The molecular weight excluding hydrogens is 268 g/mol. The zero-order chi connectivity index (χ0) is 10.2. The highest BCUT2D eigenvalue weighted by Crippen LogP contribution is 2.15. The number of fused-ring (bicyclic) bond motifs is 1. The zero-order valence-corrected chi connectivity index (χ0v) is 9.81. The summed E-state index contributed by atoms with van der Waals surface area (Å²) in [6.45, 7) is 0. The minimum absolute atomic E-state index is 0.198. The Labute approximate surface area is 90.8 Å². The molecule has 14 heavy (non-hydrogen) atoms. The Bertz CT molecular complexity index is 458. The van der Waals surface area contributed by atoms with Gasteiger partial charge < -0.3 is 0 Å². The van der Waals surface area contributed by atoms with Crippen LogP contribution in [0.3, 0.4) is 0 Å². The molecule has 1 aliphatic heterocycles. The van der Waals surface area contributed by atoms with Gasteiger partial charge in [0.2, 0.25) is 0 Å². The first-order valence-electron chi connectivity index (χ1n) is 4.27. The fourth-order valence-corrected chi connectivity index (χ4v) is 3.02. The van der Waals surface area contributed by atoms with Gasteiger partial charge in [-0.15, -0.1) is 0 Å². The molecule has 6 heteroatoms. The molecule has 76 valence electrons. The Morgan fingerprint density at radius 2 is 2.00 bits per heavy atom. The van der Waals surface area contributed by atoms with Crippen LogP contribution in [0, 0.1) is 0 Å². The third-order valence-corrected chi connectivity index (χ3v) is 4.29. The second-order valence-electron chi connectivity index (χ2n) is 3.26. The molecule has 4 nitrogen and oxygen atoms in total. The molecule has 0 N–H and O–H groups in total. The SMILES string of the molecule is O=S1(=O)CCc2cnc(Br)nc2CC1. The maximum atomic E-state index is 11.4. The summed E-state index contributed by atoms with van der Waals surface area (Å²) in [5.41, 5.74) is 1.81. The molecule has 1 aromatic heterocycles. The van der Waals surface area contributed by atoms with Gasteiger partial charge in [-0.25, -0.2) is 18.4 Å². The minimum Gasteiger partial charge on any atom is -0.230 e. The van der Waals surface area contributed by atoms with Gasteiger partial charge in [-0.3, -0.25) is 0 Å². The van der Waals surface area contributed by atoms with Crippen LogP contribution in [0.15, 0.2) is 10.9 Å². The van der Waals surface area contributed by atoms with Gasteiger partial charge in [-0.2, -0.15) is 0 Å². The van der Waals surface area contributed by atoms with Crippen LogP contribution in [0.4, 0.5) is 0 Å².